The van der Waals surface area contributed by atoms with Crippen molar-refractivity contribution in [3.05, 3.63) is 0 Å². The average Bonchev–Trinajstić information content (AvgIpc) is 2.15. The summed E-state index contributed by atoms with van der Waals surface area (Å²) < 4.78 is 4.90. The number of aliphatic hydroxyl groups is 1. The lowest BCUT2D eigenvalue weighted by Crippen LogP contribution is -2.30. The van der Waals surface area contributed by atoms with Crippen LogP contribution in [-0.2, 0) is 4.74 Å². The first-order valence-electron chi connectivity index (χ1n) is 3.04. The molecule has 0 amide bonds. The molecule has 0 spiro atoms. The van der Waals surface area contributed by atoms with Crippen molar-refractivity contribution in [2.45, 2.75) is 12.1 Å². The summed E-state index contributed by atoms with van der Waals surface area (Å²) in [5.41, 5.74) is 10.2. The van der Waals surface area contributed by atoms with Gasteiger partial charge in [-0.1, -0.05) is 0 Å². The van der Waals surface area contributed by atoms with E-state index in [0.717, 1.165) is 0 Å². The van der Waals surface area contributed by atoms with Gasteiger partial charge in [0.1, 0.15) is 12.1 Å². The zero-order valence-corrected chi connectivity index (χ0v) is 5.53. The molecular weight excluding hydrogens is 134 g/mol. The summed E-state index contributed by atoms with van der Waals surface area (Å²) in [4.78, 5) is 3.75. The molecule has 0 bridgehead atoms. The smallest absolute Gasteiger partial charge is 0.186 e. The molecule has 5 N–H and O–H groups in total. The van der Waals surface area contributed by atoms with E-state index < -0.39 is 6.10 Å². The number of ether oxygens (including phenoxy) is 1. The van der Waals surface area contributed by atoms with Crippen LogP contribution in [0.15, 0.2) is 4.99 Å². The van der Waals surface area contributed by atoms with Gasteiger partial charge in [0.2, 0.25) is 0 Å². The van der Waals surface area contributed by atoms with E-state index >= 15 is 0 Å². The van der Waals surface area contributed by atoms with Crippen molar-refractivity contribution < 1.29 is 9.84 Å². The molecule has 2 unspecified atom stereocenters. The second-order valence-corrected chi connectivity index (χ2v) is 2.23. The van der Waals surface area contributed by atoms with Gasteiger partial charge >= 0.3 is 0 Å². The Hall–Kier alpha value is -0.810. The molecule has 2 atom stereocenters. The second kappa shape index (κ2) is 2.85. The Morgan fingerprint density at radius 3 is 2.60 bits per heavy atom. The quantitative estimate of drug-likeness (QED) is 0.294. The molecule has 0 saturated carbocycles. The van der Waals surface area contributed by atoms with Crippen LogP contribution in [-0.4, -0.2) is 36.4 Å². The van der Waals surface area contributed by atoms with Crippen LogP contribution in [0.2, 0.25) is 0 Å². The summed E-state index contributed by atoms with van der Waals surface area (Å²) in [7, 11) is 0. The summed E-state index contributed by atoms with van der Waals surface area (Å²) in [6.07, 6.45) is -0.554. The van der Waals surface area contributed by atoms with Crippen molar-refractivity contribution in [2.24, 2.45) is 16.5 Å². The Bertz CT molecular complexity index is 144. The maximum Gasteiger partial charge on any atom is 0.186 e. The lowest BCUT2D eigenvalue weighted by atomic mass is 10.2. The van der Waals surface area contributed by atoms with Crippen molar-refractivity contribution in [3.8, 4) is 0 Å². The number of hydrogen-bond acceptors (Lipinski definition) is 3. The third-order valence-corrected chi connectivity index (χ3v) is 1.34. The van der Waals surface area contributed by atoms with Gasteiger partial charge in [0, 0.05) is 0 Å². The zero-order chi connectivity index (χ0) is 7.56. The number of nitrogens with two attached hydrogens (primary N) is 2. The molecule has 1 aliphatic rings. The number of guanidine groups is 1. The molecule has 0 aliphatic carbocycles. The van der Waals surface area contributed by atoms with E-state index in [2.05, 4.69) is 4.99 Å². The van der Waals surface area contributed by atoms with Gasteiger partial charge < -0.3 is 21.3 Å². The van der Waals surface area contributed by atoms with E-state index in [1.165, 1.54) is 0 Å². The third kappa shape index (κ3) is 1.58. The molecular formula is C5H11N3O2. The minimum absolute atomic E-state index is 0.00505. The van der Waals surface area contributed by atoms with Crippen LogP contribution in [0.4, 0.5) is 0 Å². The molecule has 1 saturated heterocycles. The largest absolute Gasteiger partial charge is 0.388 e. The first-order chi connectivity index (χ1) is 4.70. The summed E-state index contributed by atoms with van der Waals surface area (Å²) in [5.74, 6) is -0.00505. The van der Waals surface area contributed by atoms with Crippen LogP contribution < -0.4 is 11.5 Å². The highest BCUT2D eigenvalue weighted by Crippen LogP contribution is 2.08. The monoisotopic (exact) mass is 145 g/mol. The van der Waals surface area contributed by atoms with Crippen LogP contribution in [0.1, 0.15) is 0 Å². The summed E-state index contributed by atoms with van der Waals surface area (Å²) in [6, 6.07) is -0.273. The molecule has 10 heavy (non-hydrogen) atoms. The number of nitrogens with zero attached hydrogens (tertiary/aromatic N) is 1. The molecule has 0 radical (unpaired) electrons. The molecule has 1 fully saturated rings. The van der Waals surface area contributed by atoms with Crippen LogP contribution in [0.3, 0.4) is 0 Å². The Morgan fingerprint density at radius 2 is 2.20 bits per heavy atom. The minimum Gasteiger partial charge on any atom is -0.388 e. The van der Waals surface area contributed by atoms with Crippen LogP contribution in [0, 0.1) is 0 Å². The van der Waals surface area contributed by atoms with Crippen LogP contribution in [0.25, 0.3) is 0 Å². The highest BCUT2D eigenvalue weighted by Gasteiger charge is 2.25. The van der Waals surface area contributed by atoms with Gasteiger partial charge in [-0.2, -0.15) is 0 Å². The molecule has 1 rings (SSSR count). The van der Waals surface area contributed by atoms with E-state index in [1.807, 2.05) is 0 Å². The highest BCUT2D eigenvalue weighted by atomic mass is 16.5. The first-order valence-corrected chi connectivity index (χ1v) is 3.04. The lowest BCUT2D eigenvalue weighted by molar-refractivity contribution is 0.125. The Labute approximate surface area is 58.7 Å². The molecule has 1 aliphatic heterocycles. The van der Waals surface area contributed by atoms with Crippen molar-refractivity contribution in [2.75, 3.05) is 13.2 Å². The van der Waals surface area contributed by atoms with Crippen molar-refractivity contribution >= 4 is 5.96 Å². The lowest BCUT2D eigenvalue weighted by Gasteiger charge is -2.05. The number of aliphatic hydroxyl groups excluding tert-OH is 1. The van der Waals surface area contributed by atoms with Gasteiger partial charge in [0.25, 0.3) is 0 Å². The van der Waals surface area contributed by atoms with E-state index in [-0.39, 0.29) is 12.0 Å². The predicted octanol–water partition coefficient (Wildman–Crippen LogP) is -1.98. The summed E-state index contributed by atoms with van der Waals surface area (Å²) in [5, 5.41) is 9.09. The maximum absolute atomic E-state index is 9.09. The molecule has 5 nitrogen and oxygen atoms in total. The SMILES string of the molecule is NC(N)=NC1COCC1O. The van der Waals surface area contributed by atoms with Gasteiger partial charge in [0.05, 0.1) is 13.2 Å². The molecule has 1 heterocycles. The average molecular weight is 145 g/mol. The zero-order valence-electron chi connectivity index (χ0n) is 5.53. The molecule has 58 valence electrons. The second-order valence-electron chi connectivity index (χ2n) is 2.23. The van der Waals surface area contributed by atoms with Crippen molar-refractivity contribution in [3.63, 3.8) is 0 Å². The Balaban J connectivity index is 2.48. The molecule has 5 heteroatoms. The number of hydrogen-bond donors (Lipinski definition) is 3. The standard InChI is InChI=1S/C5H11N3O2/c6-5(7)8-3-1-10-2-4(3)9/h3-4,9H,1-2H2,(H4,6,7,8). The fraction of sp³-hybridized carbons (Fsp3) is 0.800. The topological polar surface area (TPSA) is 93.9 Å². The molecule has 0 aromatic heterocycles. The maximum atomic E-state index is 9.09. The normalized spacial score (nSPS) is 32.1. The van der Waals surface area contributed by atoms with Gasteiger partial charge in [-0.15, -0.1) is 0 Å². The van der Waals surface area contributed by atoms with E-state index in [4.69, 9.17) is 21.3 Å². The van der Waals surface area contributed by atoms with Gasteiger partial charge in [-0.05, 0) is 0 Å². The first kappa shape index (κ1) is 7.30. The van der Waals surface area contributed by atoms with Gasteiger partial charge in [-0.3, -0.25) is 0 Å². The minimum atomic E-state index is -0.554. The highest BCUT2D eigenvalue weighted by molar-refractivity contribution is 5.75. The number of aliphatic imine (C=N–C) groups is 1. The van der Waals surface area contributed by atoms with Gasteiger partial charge in [0.15, 0.2) is 5.96 Å². The third-order valence-electron chi connectivity index (χ3n) is 1.34. The van der Waals surface area contributed by atoms with Crippen molar-refractivity contribution in [1.29, 1.82) is 0 Å². The predicted molar refractivity (Wildman–Crippen MR) is 36.4 cm³/mol. The van der Waals surface area contributed by atoms with E-state index in [0.29, 0.717) is 13.2 Å². The fourth-order valence-corrected chi connectivity index (χ4v) is 0.846. The fourth-order valence-electron chi connectivity index (χ4n) is 0.846. The summed E-state index contributed by atoms with van der Waals surface area (Å²) >= 11 is 0. The van der Waals surface area contributed by atoms with Crippen LogP contribution >= 0.6 is 0 Å². The molecule has 0 aromatic rings. The van der Waals surface area contributed by atoms with E-state index in [9.17, 15) is 0 Å². The van der Waals surface area contributed by atoms with E-state index in [1.54, 1.807) is 0 Å². The Kier molecular flexibility index (Phi) is 2.08. The molecule has 0 aromatic carbocycles. The Morgan fingerprint density at radius 1 is 1.50 bits per heavy atom. The van der Waals surface area contributed by atoms with Gasteiger partial charge in [-0.25, -0.2) is 4.99 Å². The summed E-state index contributed by atoms with van der Waals surface area (Å²) in [6.45, 7) is 0.723. The van der Waals surface area contributed by atoms with Crippen molar-refractivity contribution in [1.82, 2.24) is 0 Å². The number of rotatable bonds is 1. The van der Waals surface area contributed by atoms with Crippen LogP contribution in [0.5, 0.6) is 0 Å².